The Bertz CT molecular complexity index is 911. The van der Waals surface area contributed by atoms with Gasteiger partial charge in [0, 0.05) is 36.1 Å². The summed E-state index contributed by atoms with van der Waals surface area (Å²) >= 11 is 1.46. The molecule has 0 aliphatic carbocycles. The summed E-state index contributed by atoms with van der Waals surface area (Å²) < 4.78 is 40.4. The first-order valence-corrected chi connectivity index (χ1v) is 10.0. The molecule has 1 fully saturated rings. The molecule has 3 atom stereocenters. The second kappa shape index (κ2) is 7.77. The molecule has 5 nitrogen and oxygen atoms in total. The van der Waals surface area contributed by atoms with Crippen LogP contribution in [0.15, 0.2) is 41.5 Å². The molecule has 0 spiro atoms. The molecule has 148 valence electrons. The lowest BCUT2D eigenvalue weighted by atomic mass is 9.74. The molecule has 28 heavy (non-hydrogen) atoms. The first-order valence-electron chi connectivity index (χ1n) is 9.03. The minimum absolute atomic E-state index is 0.0298. The minimum Gasteiger partial charge on any atom is -0.382 e. The van der Waals surface area contributed by atoms with Crippen LogP contribution in [-0.2, 0) is 15.0 Å². The lowest BCUT2D eigenvalue weighted by molar-refractivity contribution is -0.0836. The van der Waals surface area contributed by atoms with Gasteiger partial charge in [-0.05, 0) is 36.2 Å². The highest BCUT2D eigenvalue weighted by atomic mass is 32.2. The minimum atomic E-state index is -0.932. The van der Waals surface area contributed by atoms with Gasteiger partial charge in [0.25, 0.3) is 0 Å². The van der Waals surface area contributed by atoms with E-state index in [0.29, 0.717) is 40.6 Å². The number of hydrogen-bond donors (Lipinski definition) is 1. The van der Waals surface area contributed by atoms with Crippen LogP contribution >= 0.6 is 11.8 Å². The zero-order valence-electron chi connectivity index (χ0n) is 15.4. The number of pyridine rings is 1. The molecule has 3 heterocycles. The molecule has 0 radical (unpaired) electrons. The SMILES string of the molecule is COC[C@H]1C[C@H]2CSC(N)=N[C@@]2(c2cc(-c3cccnc3F)ccc2F)CO1. The lowest BCUT2D eigenvalue weighted by Gasteiger charge is -2.46. The topological polar surface area (TPSA) is 69.7 Å². The largest absolute Gasteiger partial charge is 0.382 e. The fraction of sp³-hybridized carbons (Fsp3) is 0.400. The van der Waals surface area contributed by atoms with Gasteiger partial charge in [-0.2, -0.15) is 4.39 Å². The lowest BCUT2D eigenvalue weighted by Crippen LogP contribution is -2.51. The van der Waals surface area contributed by atoms with Gasteiger partial charge in [0.15, 0.2) is 5.17 Å². The Morgan fingerprint density at radius 1 is 1.36 bits per heavy atom. The fourth-order valence-corrected chi connectivity index (χ4v) is 4.98. The number of ether oxygens (including phenoxy) is 2. The molecule has 0 unspecified atom stereocenters. The Morgan fingerprint density at radius 3 is 3.00 bits per heavy atom. The number of benzene rings is 1. The second-order valence-corrected chi connectivity index (χ2v) is 8.08. The first-order chi connectivity index (χ1) is 13.5. The van der Waals surface area contributed by atoms with Crippen LogP contribution in [0.25, 0.3) is 11.1 Å². The molecule has 1 saturated heterocycles. The van der Waals surface area contributed by atoms with Crippen molar-refractivity contribution < 1.29 is 18.3 Å². The number of methoxy groups -OCH3 is 1. The van der Waals surface area contributed by atoms with Crippen molar-refractivity contribution in [2.75, 3.05) is 26.1 Å². The standard InChI is InChI=1S/C20H21F2N3O2S/c1-26-9-14-8-13-10-28-19(23)25-20(13,11-27-14)16-7-12(4-5-17(16)21)15-3-2-6-24-18(15)22/h2-7,13-14H,8-11H2,1H3,(H2,23,25)/t13-,14+,20-/m0/s1. The summed E-state index contributed by atoms with van der Waals surface area (Å²) in [6.07, 6.45) is 2.00. The molecule has 8 heteroatoms. The number of fused-ring (bicyclic) bond motifs is 1. The maximum absolute atomic E-state index is 15.0. The third-order valence-electron chi connectivity index (χ3n) is 5.36. The van der Waals surface area contributed by atoms with Gasteiger partial charge in [-0.25, -0.2) is 14.4 Å². The summed E-state index contributed by atoms with van der Waals surface area (Å²) in [6, 6.07) is 7.81. The van der Waals surface area contributed by atoms with Crippen LogP contribution in [0.1, 0.15) is 12.0 Å². The van der Waals surface area contributed by atoms with Gasteiger partial charge in [0.2, 0.25) is 5.95 Å². The third-order valence-corrected chi connectivity index (χ3v) is 6.32. The average molecular weight is 405 g/mol. The van der Waals surface area contributed by atoms with Crippen molar-refractivity contribution in [2.24, 2.45) is 16.6 Å². The summed E-state index contributed by atoms with van der Waals surface area (Å²) in [5, 5.41) is 0.405. The molecule has 2 N–H and O–H groups in total. The number of amidine groups is 1. The Kier molecular flexibility index (Phi) is 5.35. The van der Waals surface area contributed by atoms with Crippen LogP contribution in [-0.4, -0.2) is 42.3 Å². The van der Waals surface area contributed by atoms with Gasteiger partial charge in [-0.3, -0.25) is 0 Å². The van der Waals surface area contributed by atoms with E-state index >= 15 is 4.39 Å². The van der Waals surface area contributed by atoms with Gasteiger partial charge in [0.05, 0.1) is 19.3 Å². The third kappa shape index (κ3) is 3.40. The van der Waals surface area contributed by atoms with Gasteiger partial charge in [-0.15, -0.1) is 0 Å². The summed E-state index contributed by atoms with van der Waals surface area (Å²) in [5.41, 5.74) is 6.32. The predicted octanol–water partition coefficient (Wildman–Crippen LogP) is 3.34. The van der Waals surface area contributed by atoms with E-state index < -0.39 is 17.3 Å². The molecule has 0 amide bonds. The van der Waals surface area contributed by atoms with Gasteiger partial charge in [-0.1, -0.05) is 17.8 Å². The number of thioether (sulfide) groups is 1. The Labute approximate surface area is 166 Å². The molecule has 1 aromatic heterocycles. The van der Waals surface area contributed by atoms with Crippen LogP contribution < -0.4 is 5.73 Å². The molecular weight excluding hydrogens is 384 g/mol. The quantitative estimate of drug-likeness (QED) is 0.790. The number of halogens is 2. The normalized spacial score (nSPS) is 27.2. The van der Waals surface area contributed by atoms with Crippen molar-refractivity contribution in [1.82, 2.24) is 4.98 Å². The Balaban J connectivity index is 1.80. The number of aliphatic imine (C=N–C) groups is 1. The number of nitrogens with two attached hydrogens (primary N) is 1. The van der Waals surface area contributed by atoms with Crippen molar-refractivity contribution >= 4 is 16.9 Å². The summed E-state index contributed by atoms with van der Waals surface area (Å²) in [6.45, 7) is 0.669. The highest BCUT2D eigenvalue weighted by Gasteiger charge is 2.49. The van der Waals surface area contributed by atoms with E-state index in [2.05, 4.69) is 9.98 Å². The highest BCUT2D eigenvalue weighted by molar-refractivity contribution is 8.13. The number of aromatic nitrogens is 1. The summed E-state index contributed by atoms with van der Waals surface area (Å²) in [4.78, 5) is 8.35. The molecule has 0 saturated carbocycles. The van der Waals surface area contributed by atoms with Crippen LogP contribution in [0.2, 0.25) is 0 Å². The number of nitrogens with zero attached hydrogens (tertiary/aromatic N) is 2. The van der Waals surface area contributed by atoms with E-state index in [1.54, 1.807) is 31.4 Å². The molecule has 1 aromatic carbocycles. The zero-order chi connectivity index (χ0) is 19.7. The van der Waals surface area contributed by atoms with Crippen LogP contribution in [0.4, 0.5) is 8.78 Å². The number of rotatable bonds is 4. The van der Waals surface area contributed by atoms with Crippen molar-refractivity contribution in [1.29, 1.82) is 0 Å². The Hall–Kier alpha value is -2.03. The van der Waals surface area contributed by atoms with Crippen molar-refractivity contribution in [3.63, 3.8) is 0 Å². The Morgan fingerprint density at radius 2 is 2.21 bits per heavy atom. The zero-order valence-corrected chi connectivity index (χ0v) is 16.2. The van der Waals surface area contributed by atoms with E-state index in [-0.39, 0.29) is 18.6 Å². The van der Waals surface area contributed by atoms with Crippen LogP contribution in [0, 0.1) is 17.7 Å². The molecule has 4 rings (SSSR count). The van der Waals surface area contributed by atoms with E-state index in [0.717, 1.165) is 0 Å². The molecule has 2 aliphatic heterocycles. The van der Waals surface area contributed by atoms with Crippen molar-refractivity contribution in [3.8, 4) is 11.1 Å². The van der Waals surface area contributed by atoms with Crippen LogP contribution in [0.5, 0.6) is 0 Å². The summed E-state index contributed by atoms with van der Waals surface area (Å²) in [7, 11) is 1.63. The molecule has 0 bridgehead atoms. The molecule has 2 aliphatic rings. The van der Waals surface area contributed by atoms with Crippen molar-refractivity contribution in [2.45, 2.75) is 18.1 Å². The maximum Gasteiger partial charge on any atom is 0.220 e. The second-order valence-electron chi connectivity index (χ2n) is 7.04. The maximum atomic E-state index is 15.0. The molecular formula is C20H21F2N3O2S. The summed E-state index contributed by atoms with van der Waals surface area (Å²) in [5.74, 6) is -0.266. The van der Waals surface area contributed by atoms with E-state index in [1.807, 2.05) is 0 Å². The number of hydrogen-bond acceptors (Lipinski definition) is 6. The van der Waals surface area contributed by atoms with Gasteiger partial charge < -0.3 is 15.2 Å². The average Bonchev–Trinajstić information content (AvgIpc) is 2.69. The smallest absolute Gasteiger partial charge is 0.220 e. The van der Waals surface area contributed by atoms with Gasteiger partial charge in [0.1, 0.15) is 11.4 Å². The molecule has 2 aromatic rings. The van der Waals surface area contributed by atoms with Crippen molar-refractivity contribution in [3.05, 3.63) is 53.9 Å². The monoisotopic (exact) mass is 405 g/mol. The van der Waals surface area contributed by atoms with E-state index in [1.165, 1.54) is 24.0 Å². The first kappa shape index (κ1) is 19.3. The fourth-order valence-electron chi connectivity index (χ4n) is 3.97. The van der Waals surface area contributed by atoms with Gasteiger partial charge >= 0.3 is 0 Å². The van der Waals surface area contributed by atoms with E-state index in [4.69, 9.17) is 15.2 Å². The van der Waals surface area contributed by atoms with E-state index in [9.17, 15) is 4.39 Å². The highest BCUT2D eigenvalue weighted by Crippen LogP contribution is 2.47. The predicted molar refractivity (Wildman–Crippen MR) is 105 cm³/mol. The van der Waals surface area contributed by atoms with Crippen LogP contribution in [0.3, 0.4) is 0 Å².